The Morgan fingerprint density at radius 3 is 2.10 bits per heavy atom. The first-order chi connectivity index (χ1) is 8.83. The van der Waals surface area contributed by atoms with E-state index in [1.165, 1.54) is 13.5 Å². The molecule has 1 aromatic carbocycles. The van der Waals surface area contributed by atoms with Gasteiger partial charge in [-0.2, -0.15) is 13.2 Å². The van der Waals surface area contributed by atoms with Crippen molar-refractivity contribution in [3.05, 3.63) is 28.2 Å². The molecule has 0 aliphatic rings. The zero-order chi connectivity index (χ0) is 15.8. The van der Waals surface area contributed by atoms with E-state index in [-0.39, 0.29) is 5.46 Å². The number of hydrogen-bond acceptors (Lipinski definition) is 2. The summed E-state index contributed by atoms with van der Waals surface area (Å²) in [5, 5.41) is 9.93. The summed E-state index contributed by atoms with van der Waals surface area (Å²) in [7, 11) is 1.22. The van der Waals surface area contributed by atoms with Crippen LogP contribution in [-0.4, -0.2) is 23.8 Å². The van der Waals surface area contributed by atoms with Crippen molar-refractivity contribution in [3.63, 3.8) is 0 Å². The lowest BCUT2D eigenvalue weighted by Crippen LogP contribution is -2.49. The fourth-order valence-corrected chi connectivity index (χ4v) is 1.71. The van der Waals surface area contributed by atoms with Gasteiger partial charge in [0, 0.05) is 4.47 Å². The smallest absolute Gasteiger partial charge is 0.416 e. The van der Waals surface area contributed by atoms with Crippen LogP contribution in [0.3, 0.4) is 0 Å². The number of aliphatic hydroxyl groups is 1. The molecule has 0 saturated heterocycles. The molecule has 2 nitrogen and oxygen atoms in total. The molecule has 0 spiro atoms. The molecular formula is C13H16BBrF3O2. The summed E-state index contributed by atoms with van der Waals surface area (Å²) < 4.78 is 43.8. The average molecular weight is 352 g/mol. The molecule has 0 unspecified atom stereocenters. The van der Waals surface area contributed by atoms with Crippen LogP contribution in [0.4, 0.5) is 13.2 Å². The Balaban J connectivity index is 2.92. The maximum Gasteiger partial charge on any atom is 0.416 e. The monoisotopic (exact) mass is 351 g/mol. The lowest BCUT2D eigenvalue weighted by atomic mass is 9.82. The van der Waals surface area contributed by atoms with E-state index in [2.05, 4.69) is 15.9 Å². The van der Waals surface area contributed by atoms with Gasteiger partial charge in [0.1, 0.15) is 0 Å². The third kappa shape index (κ3) is 4.50. The zero-order valence-corrected chi connectivity index (χ0v) is 13.3. The second kappa shape index (κ2) is 5.69. The van der Waals surface area contributed by atoms with Crippen molar-refractivity contribution in [1.82, 2.24) is 0 Å². The molecule has 0 bridgehead atoms. The van der Waals surface area contributed by atoms with Gasteiger partial charge in [-0.3, -0.25) is 0 Å². The van der Waals surface area contributed by atoms with E-state index in [9.17, 15) is 18.3 Å². The van der Waals surface area contributed by atoms with Gasteiger partial charge in [0.25, 0.3) is 0 Å². The minimum Gasteiger partial charge on any atom is -0.427 e. The van der Waals surface area contributed by atoms with Crippen LogP contribution in [0.2, 0.25) is 0 Å². The van der Waals surface area contributed by atoms with Crippen molar-refractivity contribution in [2.24, 2.45) is 0 Å². The highest BCUT2D eigenvalue weighted by molar-refractivity contribution is 9.10. The third-order valence-electron chi connectivity index (χ3n) is 3.21. The maximum absolute atomic E-state index is 12.7. The van der Waals surface area contributed by atoms with Crippen molar-refractivity contribution in [3.8, 4) is 0 Å². The normalized spacial score (nSPS) is 13.4. The van der Waals surface area contributed by atoms with Crippen LogP contribution in [0.25, 0.3) is 0 Å². The van der Waals surface area contributed by atoms with Crippen LogP contribution in [-0.2, 0) is 10.8 Å². The third-order valence-corrected chi connectivity index (χ3v) is 3.67. The minimum atomic E-state index is -4.42. The maximum atomic E-state index is 12.7. The van der Waals surface area contributed by atoms with E-state index in [0.29, 0.717) is 4.47 Å². The lowest BCUT2D eigenvalue weighted by molar-refractivity contribution is -0.137. The molecule has 111 valence electrons. The van der Waals surface area contributed by atoms with Gasteiger partial charge in [0.15, 0.2) is 0 Å². The van der Waals surface area contributed by atoms with Crippen molar-refractivity contribution < 1.29 is 22.9 Å². The Morgan fingerprint density at radius 2 is 1.65 bits per heavy atom. The van der Waals surface area contributed by atoms with Gasteiger partial charge in [-0.25, -0.2) is 0 Å². The molecule has 0 aliphatic carbocycles. The van der Waals surface area contributed by atoms with Crippen molar-refractivity contribution in [2.45, 2.75) is 45.1 Å². The molecule has 7 heteroatoms. The number of rotatable bonds is 4. The second-order valence-corrected chi connectivity index (χ2v) is 6.49. The Bertz CT molecular complexity index is 481. The summed E-state index contributed by atoms with van der Waals surface area (Å²) in [6.45, 7) is 6.46. The topological polar surface area (TPSA) is 29.5 Å². The Labute approximate surface area is 125 Å². The van der Waals surface area contributed by atoms with Gasteiger partial charge >= 0.3 is 13.7 Å². The van der Waals surface area contributed by atoms with Gasteiger partial charge < -0.3 is 9.76 Å². The molecule has 0 heterocycles. The molecular weight excluding hydrogens is 336 g/mol. The molecule has 0 amide bonds. The largest absolute Gasteiger partial charge is 0.427 e. The first kappa shape index (κ1) is 17.5. The first-order valence-corrected chi connectivity index (χ1v) is 6.73. The summed E-state index contributed by atoms with van der Waals surface area (Å²) in [5.41, 5.74) is -2.57. The van der Waals surface area contributed by atoms with Crippen molar-refractivity contribution in [2.75, 3.05) is 0 Å². The van der Waals surface area contributed by atoms with Crippen molar-refractivity contribution >= 4 is 28.9 Å². The SMILES string of the molecule is CC(C)(O)C(C)(C)O[B]c1cc(Br)cc(C(F)(F)F)c1. The quantitative estimate of drug-likeness (QED) is 0.843. The summed E-state index contributed by atoms with van der Waals surface area (Å²) in [4.78, 5) is 0. The fraction of sp³-hybridized carbons (Fsp3) is 0.538. The van der Waals surface area contributed by atoms with E-state index >= 15 is 0 Å². The standard InChI is InChI=1S/C13H16BBrF3O2/c1-11(2,19)12(3,4)20-14-9-5-8(13(16,17)18)6-10(15)7-9/h5-7,19H,1-4H3. The van der Waals surface area contributed by atoms with Crippen molar-refractivity contribution in [1.29, 1.82) is 0 Å². The van der Waals surface area contributed by atoms with Gasteiger partial charge in [0.05, 0.1) is 16.8 Å². The molecule has 0 saturated carbocycles. The fourth-order valence-electron chi connectivity index (χ4n) is 1.20. The summed E-state index contributed by atoms with van der Waals surface area (Å²) in [5.74, 6) is 0. The van der Waals surface area contributed by atoms with Gasteiger partial charge in [-0.1, -0.05) is 33.5 Å². The minimum absolute atomic E-state index is 0.268. The van der Waals surface area contributed by atoms with Crippen LogP contribution in [0, 0.1) is 0 Å². The van der Waals surface area contributed by atoms with E-state index in [0.717, 1.165) is 12.1 Å². The molecule has 1 rings (SSSR count). The predicted octanol–water partition coefficient (Wildman–Crippen LogP) is 3.28. The number of benzene rings is 1. The van der Waals surface area contributed by atoms with Crippen LogP contribution in [0.1, 0.15) is 33.3 Å². The first-order valence-electron chi connectivity index (χ1n) is 5.94. The van der Waals surface area contributed by atoms with Gasteiger partial charge in [0.2, 0.25) is 0 Å². The highest BCUT2D eigenvalue weighted by Crippen LogP contribution is 2.30. The van der Waals surface area contributed by atoms with Gasteiger partial charge in [-0.05, 0) is 33.8 Å². The average Bonchev–Trinajstić information content (AvgIpc) is 2.23. The van der Waals surface area contributed by atoms with E-state index in [1.54, 1.807) is 27.7 Å². The Morgan fingerprint density at radius 1 is 1.10 bits per heavy atom. The van der Waals surface area contributed by atoms with E-state index < -0.39 is 22.9 Å². The summed E-state index contributed by atoms with van der Waals surface area (Å²) in [6, 6.07) is 3.50. The number of alkyl halides is 3. The van der Waals surface area contributed by atoms with Gasteiger partial charge in [-0.15, -0.1) is 0 Å². The second-order valence-electron chi connectivity index (χ2n) is 5.58. The molecule has 1 aromatic rings. The molecule has 1 radical (unpaired) electrons. The van der Waals surface area contributed by atoms with Crippen LogP contribution < -0.4 is 5.46 Å². The van der Waals surface area contributed by atoms with Crippen LogP contribution >= 0.6 is 15.9 Å². The van der Waals surface area contributed by atoms with Crippen LogP contribution in [0.15, 0.2) is 22.7 Å². The summed E-state index contributed by atoms with van der Waals surface area (Å²) in [6.07, 6.45) is -4.42. The predicted molar refractivity (Wildman–Crippen MR) is 76.0 cm³/mol. The molecule has 0 fully saturated rings. The molecule has 0 aliphatic heterocycles. The lowest BCUT2D eigenvalue weighted by Gasteiger charge is -2.37. The highest BCUT2D eigenvalue weighted by atomic mass is 79.9. The number of halogens is 4. The molecule has 20 heavy (non-hydrogen) atoms. The van der Waals surface area contributed by atoms with E-state index in [4.69, 9.17) is 4.65 Å². The number of hydrogen-bond donors (Lipinski definition) is 1. The zero-order valence-electron chi connectivity index (χ0n) is 11.7. The molecule has 0 atom stereocenters. The Kier molecular flexibility index (Phi) is 4.99. The molecule has 1 N–H and O–H groups in total. The highest BCUT2D eigenvalue weighted by Gasteiger charge is 2.36. The summed E-state index contributed by atoms with van der Waals surface area (Å²) >= 11 is 3.04. The Hall–Kier alpha value is -0.525. The molecule has 0 aromatic heterocycles. The van der Waals surface area contributed by atoms with Crippen LogP contribution in [0.5, 0.6) is 0 Å². The van der Waals surface area contributed by atoms with E-state index in [1.807, 2.05) is 0 Å².